The summed E-state index contributed by atoms with van der Waals surface area (Å²) in [5.74, 6) is 0.991. The molecule has 3 unspecified atom stereocenters. The molecule has 1 aliphatic heterocycles. The maximum Gasteiger partial charge on any atom is 0.0180 e. The number of hydrogen-bond donors (Lipinski definition) is 1. The maximum atomic E-state index is 5.96. The molecule has 1 aliphatic carbocycles. The molecule has 0 bridgehead atoms. The molecular weight excluding hydrogens is 172 g/mol. The van der Waals surface area contributed by atoms with Gasteiger partial charge in [0.25, 0.3) is 0 Å². The van der Waals surface area contributed by atoms with Crippen LogP contribution in [0, 0.1) is 5.92 Å². The number of likely N-dealkylation sites (tertiary alicyclic amines) is 1. The van der Waals surface area contributed by atoms with Crippen molar-refractivity contribution in [1.82, 2.24) is 4.90 Å². The molecule has 0 radical (unpaired) electrons. The average molecular weight is 196 g/mol. The van der Waals surface area contributed by atoms with Gasteiger partial charge in [-0.3, -0.25) is 4.90 Å². The van der Waals surface area contributed by atoms with Gasteiger partial charge in [0.05, 0.1) is 0 Å². The van der Waals surface area contributed by atoms with Crippen LogP contribution in [0.15, 0.2) is 0 Å². The SMILES string of the molecule is CCC1CCCC(N2CCC(N)C2)C1. The summed E-state index contributed by atoms with van der Waals surface area (Å²) in [6, 6.07) is 1.32. The lowest BCUT2D eigenvalue weighted by molar-refractivity contribution is 0.153. The Balaban J connectivity index is 1.84. The summed E-state index contributed by atoms with van der Waals surface area (Å²) < 4.78 is 0. The second-order valence-electron chi connectivity index (χ2n) is 5.14. The van der Waals surface area contributed by atoms with Crippen LogP contribution in [0.4, 0.5) is 0 Å². The van der Waals surface area contributed by atoms with E-state index in [0.717, 1.165) is 18.5 Å². The third-order valence-electron chi connectivity index (χ3n) is 4.10. The van der Waals surface area contributed by atoms with Crippen LogP contribution in [0.2, 0.25) is 0 Å². The van der Waals surface area contributed by atoms with Gasteiger partial charge in [-0.15, -0.1) is 0 Å². The van der Waals surface area contributed by atoms with Crippen LogP contribution >= 0.6 is 0 Å². The number of hydrogen-bond acceptors (Lipinski definition) is 2. The molecule has 0 amide bonds. The fourth-order valence-corrected chi connectivity index (χ4v) is 3.11. The molecular formula is C12H24N2. The Labute approximate surface area is 87.8 Å². The van der Waals surface area contributed by atoms with Gasteiger partial charge in [0, 0.05) is 25.2 Å². The standard InChI is InChI=1S/C12H24N2/c1-2-10-4-3-5-12(8-10)14-7-6-11(13)9-14/h10-12H,2-9,13H2,1H3. The van der Waals surface area contributed by atoms with E-state index in [1.807, 2.05) is 0 Å². The van der Waals surface area contributed by atoms with Crippen molar-refractivity contribution in [2.45, 2.75) is 57.5 Å². The topological polar surface area (TPSA) is 29.3 Å². The predicted octanol–water partition coefficient (Wildman–Crippen LogP) is 1.99. The second kappa shape index (κ2) is 4.63. The molecule has 1 heterocycles. The molecule has 2 nitrogen and oxygen atoms in total. The van der Waals surface area contributed by atoms with Gasteiger partial charge in [-0.25, -0.2) is 0 Å². The Morgan fingerprint density at radius 2 is 2.14 bits per heavy atom. The quantitative estimate of drug-likeness (QED) is 0.732. The average Bonchev–Trinajstić information content (AvgIpc) is 2.65. The summed E-state index contributed by atoms with van der Waals surface area (Å²) in [5.41, 5.74) is 5.96. The first-order valence-corrected chi connectivity index (χ1v) is 6.29. The zero-order valence-electron chi connectivity index (χ0n) is 9.41. The van der Waals surface area contributed by atoms with Crippen LogP contribution < -0.4 is 5.73 Å². The molecule has 2 rings (SSSR count). The Hall–Kier alpha value is -0.0800. The summed E-state index contributed by atoms with van der Waals surface area (Å²) in [4.78, 5) is 2.65. The molecule has 14 heavy (non-hydrogen) atoms. The molecule has 2 N–H and O–H groups in total. The highest BCUT2D eigenvalue weighted by atomic mass is 15.2. The summed E-state index contributed by atoms with van der Waals surface area (Å²) in [5, 5.41) is 0. The molecule has 82 valence electrons. The minimum absolute atomic E-state index is 0.456. The molecule has 2 aliphatic rings. The molecule has 2 fully saturated rings. The summed E-state index contributed by atoms with van der Waals surface area (Å²) in [7, 11) is 0. The summed E-state index contributed by atoms with van der Waals surface area (Å²) >= 11 is 0. The number of rotatable bonds is 2. The van der Waals surface area contributed by atoms with Gasteiger partial charge in [0.15, 0.2) is 0 Å². The fraction of sp³-hybridized carbons (Fsp3) is 1.00. The van der Waals surface area contributed by atoms with E-state index in [0.29, 0.717) is 6.04 Å². The van der Waals surface area contributed by atoms with Crippen molar-refractivity contribution >= 4 is 0 Å². The molecule has 0 aromatic heterocycles. The zero-order chi connectivity index (χ0) is 9.97. The van der Waals surface area contributed by atoms with Crippen molar-refractivity contribution in [1.29, 1.82) is 0 Å². The van der Waals surface area contributed by atoms with E-state index in [2.05, 4.69) is 11.8 Å². The van der Waals surface area contributed by atoms with Crippen molar-refractivity contribution in [2.24, 2.45) is 11.7 Å². The van der Waals surface area contributed by atoms with Gasteiger partial charge in [-0.2, -0.15) is 0 Å². The normalized spacial score (nSPS) is 40.3. The van der Waals surface area contributed by atoms with Gasteiger partial charge in [0.2, 0.25) is 0 Å². The lowest BCUT2D eigenvalue weighted by Gasteiger charge is -2.35. The third-order valence-corrected chi connectivity index (χ3v) is 4.10. The van der Waals surface area contributed by atoms with Crippen LogP contribution in [0.3, 0.4) is 0 Å². The highest BCUT2D eigenvalue weighted by molar-refractivity contribution is 4.86. The number of nitrogens with two attached hydrogens (primary N) is 1. The molecule has 0 aromatic rings. The Bertz CT molecular complexity index is 181. The van der Waals surface area contributed by atoms with Crippen molar-refractivity contribution in [3.05, 3.63) is 0 Å². The first kappa shape index (κ1) is 10.4. The molecule has 0 spiro atoms. The Morgan fingerprint density at radius 3 is 2.79 bits per heavy atom. The monoisotopic (exact) mass is 196 g/mol. The van der Waals surface area contributed by atoms with Gasteiger partial charge >= 0.3 is 0 Å². The van der Waals surface area contributed by atoms with E-state index in [-0.39, 0.29) is 0 Å². The predicted molar refractivity (Wildman–Crippen MR) is 60.2 cm³/mol. The van der Waals surface area contributed by atoms with E-state index >= 15 is 0 Å². The third kappa shape index (κ3) is 2.29. The lowest BCUT2D eigenvalue weighted by atomic mass is 9.83. The number of nitrogens with zero attached hydrogens (tertiary/aromatic N) is 1. The largest absolute Gasteiger partial charge is 0.326 e. The zero-order valence-corrected chi connectivity index (χ0v) is 9.41. The van der Waals surface area contributed by atoms with Gasteiger partial charge in [-0.05, 0) is 25.2 Å². The van der Waals surface area contributed by atoms with Crippen LogP contribution in [-0.4, -0.2) is 30.1 Å². The summed E-state index contributed by atoms with van der Waals surface area (Å²) in [6.45, 7) is 4.74. The van der Waals surface area contributed by atoms with Gasteiger partial charge < -0.3 is 5.73 Å². The molecule has 0 aromatic carbocycles. The highest BCUT2D eigenvalue weighted by Crippen LogP contribution is 2.31. The summed E-state index contributed by atoms with van der Waals surface area (Å²) in [6.07, 6.45) is 8.35. The molecule has 2 heteroatoms. The van der Waals surface area contributed by atoms with Crippen LogP contribution in [0.25, 0.3) is 0 Å². The van der Waals surface area contributed by atoms with Gasteiger partial charge in [0.1, 0.15) is 0 Å². The smallest absolute Gasteiger partial charge is 0.0180 e. The fourth-order valence-electron chi connectivity index (χ4n) is 3.11. The van der Waals surface area contributed by atoms with Gasteiger partial charge in [-0.1, -0.05) is 26.2 Å². The second-order valence-corrected chi connectivity index (χ2v) is 5.14. The molecule has 3 atom stereocenters. The van der Waals surface area contributed by atoms with E-state index in [4.69, 9.17) is 5.73 Å². The minimum atomic E-state index is 0.456. The first-order chi connectivity index (χ1) is 6.79. The lowest BCUT2D eigenvalue weighted by Crippen LogP contribution is -2.38. The Morgan fingerprint density at radius 1 is 1.29 bits per heavy atom. The van der Waals surface area contributed by atoms with Crippen LogP contribution in [-0.2, 0) is 0 Å². The maximum absolute atomic E-state index is 5.96. The van der Waals surface area contributed by atoms with Crippen LogP contribution in [0.1, 0.15) is 45.4 Å². The van der Waals surface area contributed by atoms with E-state index < -0.39 is 0 Å². The first-order valence-electron chi connectivity index (χ1n) is 6.29. The molecule has 1 saturated heterocycles. The minimum Gasteiger partial charge on any atom is -0.326 e. The van der Waals surface area contributed by atoms with Crippen molar-refractivity contribution < 1.29 is 0 Å². The van der Waals surface area contributed by atoms with E-state index in [1.54, 1.807) is 0 Å². The van der Waals surface area contributed by atoms with Crippen molar-refractivity contribution in [2.75, 3.05) is 13.1 Å². The highest BCUT2D eigenvalue weighted by Gasteiger charge is 2.29. The Kier molecular flexibility index (Phi) is 3.45. The van der Waals surface area contributed by atoms with Crippen molar-refractivity contribution in [3.63, 3.8) is 0 Å². The van der Waals surface area contributed by atoms with E-state index in [9.17, 15) is 0 Å². The molecule has 1 saturated carbocycles. The van der Waals surface area contributed by atoms with Crippen molar-refractivity contribution in [3.8, 4) is 0 Å². The van der Waals surface area contributed by atoms with Crippen LogP contribution in [0.5, 0.6) is 0 Å². The van der Waals surface area contributed by atoms with E-state index in [1.165, 1.54) is 45.1 Å².